The third kappa shape index (κ3) is 4.60. The van der Waals surface area contributed by atoms with Crippen LogP contribution in [0.4, 0.5) is 11.4 Å². The first-order valence-electron chi connectivity index (χ1n) is 7.88. The van der Waals surface area contributed by atoms with E-state index in [4.69, 9.17) is 16.3 Å². The Kier molecular flexibility index (Phi) is 5.51. The van der Waals surface area contributed by atoms with E-state index in [1.54, 1.807) is 12.1 Å². The molecule has 3 rings (SSSR count). The molecule has 0 radical (unpaired) electrons. The average molecular weight is 343 g/mol. The van der Waals surface area contributed by atoms with E-state index in [1.165, 1.54) is 6.08 Å². The van der Waals surface area contributed by atoms with E-state index in [0.29, 0.717) is 5.02 Å². The Morgan fingerprint density at radius 1 is 1.12 bits per heavy atom. The number of morpholine rings is 1. The van der Waals surface area contributed by atoms with Crippen LogP contribution in [0, 0.1) is 0 Å². The van der Waals surface area contributed by atoms with Crippen LogP contribution in [0.1, 0.15) is 5.56 Å². The van der Waals surface area contributed by atoms with Crippen molar-refractivity contribution in [2.75, 3.05) is 36.5 Å². The number of nitrogens with zero attached hydrogens (tertiary/aromatic N) is 1. The first kappa shape index (κ1) is 16.6. The van der Waals surface area contributed by atoms with Crippen LogP contribution >= 0.6 is 11.6 Å². The summed E-state index contributed by atoms with van der Waals surface area (Å²) in [4.78, 5) is 14.3. The minimum atomic E-state index is -0.172. The minimum Gasteiger partial charge on any atom is -0.378 e. The van der Waals surface area contributed by atoms with Gasteiger partial charge in [-0.1, -0.05) is 23.7 Å². The number of halogens is 1. The van der Waals surface area contributed by atoms with Gasteiger partial charge >= 0.3 is 0 Å². The Balaban J connectivity index is 1.58. The molecule has 2 aromatic carbocycles. The molecule has 1 aliphatic rings. The van der Waals surface area contributed by atoms with E-state index in [2.05, 4.69) is 10.2 Å². The number of hydrogen-bond donors (Lipinski definition) is 1. The number of nitrogens with one attached hydrogen (secondary N) is 1. The SMILES string of the molecule is O=C(/C=C/c1cccc(Cl)c1)Nc1ccc(N2CCOCC2)cc1. The highest BCUT2D eigenvalue weighted by Gasteiger charge is 2.10. The molecule has 1 N–H and O–H groups in total. The molecule has 1 aliphatic heterocycles. The lowest BCUT2D eigenvalue weighted by molar-refractivity contribution is -0.111. The summed E-state index contributed by atoms with van der Waals surface area (Å²) in [5.74, 6) is -0.172. The molecular weight excluding hydrogens is 324 g/mol. The van der Waals surface area contributed by atoms with Crippen LogP contribution in [0.5, 0.6) is 0 Å². The van der Waals surface area contributed by atoms with Gasteiger partial charge in [0.2, 0.25) is 5.91 Å². The first-order valence-corrected chi connectivity index (χ1v) is 8.26. The summed E-state index contributed by atoms with van der Waals surface area (Å²) in [5.41, 5.74) is 2.80. The van der Waals surface area contributed by atoms with Crippen LogP contribution in [-0.2, 0) is 9.53 Å². The van der Waals surface area contributed by atoms with Crippen molar-refractivity contribution >= 4 is 35.0 Å². The Hall–Kier alpha value is -2.30. The molecule has 0 aliphatic carbocycles. The topological polar surface area (TPSA) is 41.6 Å². The van der Waals surface area contributed by atoms with Gasteiger partial charge in [-0.15, -0.1) is 0 Å². The third-order valence-corrected chi connectivity index (χ3v) is 4.02. The third-order valence-electron chi connectivity index (χ3n) is 3.79. The summed E-state index contributed by atoms with van der Waals surface area (Å²) >= 11 is 5.92. The van der Waals surface area contributed by atoms with Crippen LogP contribution in [0.3, 0.4) is 0 Å². The van der Waals surface area contributed by atoms with E-state index in [9.17, 15) is 4.79 Å². The van der Waals surface area contributed by atoms with Crippen molar-refractivity contribution in [2.24, 2.45) is 0 Å². The second-order valence-electron chi connectivity index (χ2n) is 5.52. The zero-order valence-corrected chi connectivity index (χ0v) is 14.0. The van der Waals surface area contributed by atoms with Gasteiger partial charge in [-0.05, 0) is 48.0 Å². The van der Waals surface area contributed by atoms with E-state index in [-0.39, 0.29) is 5.91 Å². The lowest BCUT2D eigenvalue weighted by atomic mass is 10.2. The molecule has 124 valence electrons. The van der Waals surface area contributed by atoms with Crippen molar-refractivity contribution in [3.63, 3.8) is 0 Å². The van der Waals surface area contributed by atoms with Crippen LogP contribution in [0.15, 0.2) is 54.6 Å². The molecule has 24 heavy (non-hydrogen) atoms. The van der Waals surface area contributed by atoms with Gasteiger partial charge in [0, 0.05) is 35.6 Å². The molecular formula is C19H19ClN2O2. The smallest absolute Gasteiger partial charge is 0.248 e. The van der Waals surface area contributed by atoms with Gasteiger partial charge in [0.05, 0.1) is 13.2 Å². The summed E-state index contributed by atoms with van der Waals surface area (Å²) < 4.78 is 5.35. The lowest BCUT2D eigenvalue weighted by Gasteiger charge is -2.28. The van der Waals surface area contributed by atoms with Crippen molar-refractivity contribution in [3.8, 4) is 0 Å². The van der Waals surface area contributed by atoms with Gasteiger partial charge < -0.3 is 15.0 Å². The number of amides is 1. The number of carbonyl (C=O) groups is 1. The second-order valence-corrected chi connectivity index (χ2v) is 5.96. The average Bonchev–Trinajstić information content (AvgIpc) is 2.61. The maximum absolute atomic E-state index is 12.0. The molecule has 0 atom stereocenters. The standard InChI is InChI=1S/C19H19ClN2O2/c20-16-3-1-2-15(14-16)4-9-19(23)21-17-5-7-18(8-6-17)22-10-12-24-13-11-22/h1-9,14H,10-13H2,(H,21,23)/b9-4+. The van der Waals surface area contributed by atoms with Gasteiger partial charge in [0.1, 0.15) is 0 Å². The summed E-state index contributed by atoms with van der Waals surface area (Å²) in [5, 5.41) is 3.50. The fraction of sp³-hybridized carbons (Fsp3) is 0.211. The molecule has 2 aromatic rings. The predicted octanol–water partition coefficient (Wildman–Crippen LogP) is 3.83. The highest BCUT2D eigenvalue weighted by molar-refractivity contribution is 6.30. The van der Waals surface area contributed by atoms with Crippen molar-refractivity contribution in [1.82, 2.24) is 0 Å². The molecule has 1 saturated heterocycles. The second kappa shape index (κ2) is 7.99. The molecule has 5 heteroatoms. The molecule has 4 nitrogen and oxygen atoms in total. The Bertz CT molecular complexity index is 722. The predicted molar refractivity (Wildman–Crippen MR) is 98.6 cm³/mol. The molecule has 1 fully saturated rings. The van der Waals surface area contributed by atoms with E-state index in [1.807, 2.05) is 42.5 Å². The van der Waals surface area contributed by atoms with Gasteiger partial charge in [-0.25, -0.2) is 0 Å². The molecule has 0 aromatic heterocycles. The Labute approximate surface area is 146 Å². The minimum absolute atomic E-state index is 0.172. The first-order chi connectivity index (χ1) is 11.7. The summed E-state index contributed by atoms with van der Waals surface area (Å²) in [6, 6.07) is 15.2. The molecule has 1 heterocycles. The zero-order valence-electron chi connectivity index (χ0n) is 13.2. The van der Waals surface area contributed by atoms with Crippen molar-refractivity contribution in [2.45, 2.75) is 0 Å². The monoisotopic (exact) mass is 342 g/mol. The maximum Gasteiger partial charge on any atom is 0.248 e. The molecule has 0 saturated carbocycles. The van der Waals surface area contributed by atoms with Gasteiger partial charge in [0.25, 0.3) is 0 Å². The van der Waals surface area contributed by atoms with Crippen LogP contribution in [-0.4, -0.2) is 32.2 Å². The van der Waals surface area contributed by atoms with E-state index in [0.717, 1.165) is 43.2 Å². The van der Waals surface area contributed by atoms with Crippen molar-refractivity contribution in [1.29, 1.82) is 0 Å². The van der Waals surface area contributed by atoms with Crippen LogP contribution in [0.25, 0.3) is 6.08 Å². The number of rotatable bonds is 4. The van der Waals surface area contributed by atoms with Crippen molar-refractivity contribution < 1.29 is 9.53 Å². The number of ether oxygens (including phenoxy) is 1. The normalized spacial score (nSPS) is 14.8. The number of hydrogen-bond acceptors (Lipinski definition) is 3. The molecule has 1 amide bonds. The summed E-state index contributed by atoms with van der Waals surface area (Å²) in [7, 11) is 0. The number of carbonyl (C=O) groups excluding carboxylic acids is 1. The quantitative estimate of drug-likeness (QED) is 0.859. The van der Waals surface area contributed by atoms with E-state index < -0.39 is 0 Å². The van der Waals surface area contributed by atoms with Crippen LogP contribution in [0.2, 0.25) is 5.02 Å². The van der Waals surface area contributed by atoms with Crippen molar-refractivity contribution in [3.05, 3.63) is 65.2 Å². The zero-order chi connectivity index (χ0) is 16.8. The van der Waals surface area contributed by atoms with E-state index >= 15 is 0 Å². The molecule has 0 unspecified atom stereocenters. The lowest BCUT2D eigenvalue weighted by Crippen LogP contribution is -2.36. The number of benzene rings is 2. The fourth-order valence-electron chi connectivity index (χ4n) is 2.54. The van der Waals surface area contributed by atoms with Gasteiger partial charge in [-0.2, -0.15) is 0 Å². The Morgan fingerprint density at radius 2 is 1.88 bits per heavy atom. The molecule has 0 spiro atoms. The van der Waals surface area contributed by atoms with Gasteiger partial charge in [-0.3, -0.25) is 4.79 Å². The maximum atomic E-state index is 12.0. The largest absolute Gasteiger partial charge is 0.378 e. The fourth-order valence-corrected chi connectivity index (χ4v) is 2.74. The number of anilines is 2. The molecule has 0 bridgehead atoms. The Morgan fingerprint density at radius 3 is 2.58 bits per heavy atom. The summed E-state index contributed by atoms with van der Waals surface area (Å²) in [6.45, 7) is 3.31. The van der Waals surface area contributed by atoms with Crippen LogP contribution < -0.4 is 10.2 Å². The highest BCUT2D eigenvalue weighted by atomic mass is 35.5. The van der Waals surface area contributed by atoms with Gasteiger partial charge in [0.15, 0.2) is 0 Å². The summed E-state index contributed by atoms with van der Waals surface area (Å²) in [6.07, 6.45) is 3.24. The highest BCUT2D eigenvalue weighted by Crippen LogP contribution is 2.19.